The SMILES string of the molecule is CC(C)C(C#N)C(=O)C1CC2CCC1C2. The molecule has 2 nitrogen and oxygen atoms in total. The second-order valence-electron chi connectivity index (χ2n) is 5.53. The van der Waals surface area contributed by atoms with Crippen molar-refractivity contribution in [1.82, 2.24) is 0 Å². The fourth-order valence-corrected chi connectivity index (χ4v) is 3.37. The molecule has 2 aliphatic carbocycles. The van der Waals surface area contributed by atoms with Crippen LogP contribution in [-0.2, 0) is 4.79 Å². The maximum atomic E-state index is 12.2. The molecule has 0 spiro atoms. The maximum Gasteiger partial charge on any atom is 0.153 e. The first-order valence-electron chi connectivity index (χ1n) is 6.06. The Morgan fingerprint density at radius 2 is 2.07 bits per heavy atom. The maximum absolute atomic E-state index is 12.2. The van der Waals surface area contributed by atoms with Crippen molar-refractivity contribution in [3.05, 3.63) is 0 Å². The standard InChI is InChI=1S/C13H19NO/c1-8(2)12(7-14)13(15)11-6-9-3-4-10(11)5-9/h8-12H,3-6H2,1-2H3. The summed E-state index contributed by atoms with van der Waals surface area (Å²) >= 11 is 0. The number of nitrogens with zero attached hydrogens (tertiary/aromatic N) is 1. The molecule has 0 radical (unpaired) electrons. The number of nitriles is 1. The van der Waals surface area contributed by atoms with Crippen LogP contribution in [0.4, 0.5) is 0 Å². The van der Waals surface area contributed by atoms with Crippen LogP contribution in [0.25, 0.3) is 0 Å². The first-order chi connectivity index (χ1) is 7.13. The van der Waals surface area contributed by atoms with Gasteiger partial charge in [-0.25, -0.2) is 0 Å². The van der Waals surface area contributed by atoms with E-state index < -0.39 is 0 Å². The number of fused-ring (bicyclic) bond motifs is 2. The molecule has 2 rings (SSSR count). The van der Waals surface area contributed by atoms with Crippen LogP contribution in [0.15, 0.2) is 0 Å². The molecule has 2 saturated carbocycles. The molecular formula is C13H19NO. The lowest BCUT2D eigenvalue weighted by atomic mass is 9.78. The molecule has 0 aromatic heterocycles. The quantitative estimate of drug-likeness (QED) is 0.710. The lowest BCUT2D eigenvalue weighted by Gasteiger charge is -2.23. The summed E-state index contributed by atoms with van der Waals surface area (Å²) < 4.78 is 0. The Kier molecular flexibility index (Phi) is 2.82. The Bertz CT molecular complexity index is 302. The van der Waals surface area contributed by atoms with E-state index in [1.54, 1.807) is 0 Å². The van der Waals surface area contributed by atoms with Crippen molar-refractivity contribution in [2.75, 3.05) is 0 Å². The van der Waals surface area contributed by atoms with Crippen molar-refractivity contribution in [1.29, 1.82) is 5.26 Å². The topological polar surface area (TPSA) is 40.9 Å². The molecular weight excluding hydrogens is 186 g/mol. The van der Waals surface area contributed by atoms with Gasteiger partial charge in [0, 0.05) is 5.92 Å². The van der Waals surface area contributed by atoms with Crippen molar-refractivity contribution >= 4 is 5.78 Å². The average molecular weight is 205 g/mol. The van der Waals surface area contributed by atoms with Gasteiger partial charge >= 0.3 is 0 Å². The van der Waals surface area contributed by atoms with Gasteiger partial charge in [-0.3, -0.25) is 4.79 Å². The molecule has 15 heavy (non-hydrogen) atoms. The molecule has 0 amide bonds. The van der Waals surface area contributed by atoms with Gasteiger partial charge in [-0.1, -0.05) is 20.3 Å². The molecule has 2 heteroatoms. The molecule has 82 valence electrons. The van der Waals surface area contributed by atoms with E-state index >= 15 is 0 Å². The van der Waals surface area contributed by atoms with Gasteiger partial charge in [-0.05, 0) is 37.0 Å². The molecule has 0 aromatic carbocycles. The number of hydrogen-bond donors (Lipinski definition) is 0. The van der Waals surface area contributed by atoms with Gasteiger partial charge in [0.15, 0.2) is 5.78 Å². The van der Waals surface area contributed by atoms with Gasteiger partial charge in [0.25, 0.3) is 0 Å². The predicted octanol–water partition coefficient (Wildman–Crippen LogP) is 2.79. The van der Waals surface area contributed by atoms with Crippen LogP contribution < -0.4 is 0 Å². The van der Waals surface area contributed by atoms with Crippen molar-refractivity contribution in [2.24, 2.45) is 29.6 Å². The van der Waals surface area contributed by atoms with Crippen LogP contribution in [0.5, 0.6) is 0 Å². The van der Waals surface area contributed by atoms with Gasteiger partial charge in [0.2, 0.25) is 0 Å². The van der Waals surface area contributed by atoms with E-state index in [0.717, 1.165) is 12.3 Å². The number of ketones is 1. The highest BCUT2D eigenvalue weighted by atomic mass is 16.1. The minimum atomic E-state index is -0.366. The number of Topliss-reactive ketones (excluding diaryl/α,β-unsaturated/α-hetero) is 1. The Balaban J connectivity index is 2.05. The molecule has 2 aliphatic rings. The zero-order valence-corrected chi connectivity index (χ0v) is 9.57. The normalized spacial score (nSPS) is 35.5. The van der Waals surface area contributed by atoms with Gasteiger partial charge in [-0.15, -0.1) is 0 Å². The number of hydrogen-bond acceptors (Lipinski definition) is 2. The Morgan fingerprint density at radius 3 is 2.47 bits per heavy atom. The summed E-state index contributed by atoms with van der Waals surface area (Å²) in [5, 5.41) is 9.03. The molecule has 0 aliphatic heterocycles. The third kappa shape index (κ3) is 1.80. The highest BCUT2D eigenvalue weighted by molar-refractivity contribution is 5.86. The second kappa shape index (κ2) is 3.96. The molecule has 0 aromatic rings. The molecule has 0 N–H and O–H groups in total. The van der Waals surface area contributed by atoms with E-state index in [9.17, 15) is 4.79 Å². The van der Waals surface area contributed by atoms with Crippen LogP contribution in [0.2, 0.25) is 0 Å². The van der Waals surface area contributed by atoms with Crippen LogP contribution in [-0.4, -0.2) is 5.78 Å². The lowest BCUT2D eigenvalue weighted by Crippen LogP contribution is -2.29. The predicted molar refractivity (Wildman–Crippen MR) is 57.9 cm³/mol. The fourth-order valence-electron chi connectivity index (χ4n) is 3.37. The highest BCUT2D eigenvalue weighted by Gasteiger charge is 2.45. The van der Waals surface area contributed by atoms with E-state index in [0.29, 0.717) is 5.92 Å². The summed E-state index contributed by atoms with van der Waals surface area (Å²) in [5.74, 6) is 1.65. The van der Waals surface area contributed by atoms with Crippen LogP contribution in [0, 0.1) is 40.9 Å². The molecule has 4 unspecified atom stereocenters. The Labute approximate surface area is 91.7 Å². The van der Waals surface area contributed by atoms with E-state index in [1.807, 2.05) is 13.8 Å². The van der Waals surface area contributed by atoms with Crippen molar-refractivity contribution in [2.45, 2.75) is 39.5 Å². The highest BCUT2D eigenvalue weighted by Crippen LogP contribution is 2.49. The van der Waals surface area contributed by atoms with Crippen LogP contribution in [0.3, 0.4) is 0 Å². The van der Waals surface area contributed by atoms with E-state index in [1.165, 1.54) is 19.3 Å². The number of rotatable bonds is 3. The molecule has 4 atom stereocenters. The lowest BCUT2D eigenvalue weighted by molar-refractivity contribution is -0.127. The van der Waals surface area contributed by atoms with Gasteiger partial charge < -0.3 is 0 Å². The van der Waals surface area contributed by atoms with E-state index in [-0.39, 0.29) is 23.5 Å². The largest absolute Gasteiger partial charge is 0.298 e. The average Bonchev–Trinajstić information content (AvgIpc) is 2.78. The van der Waals surface area contributed by atoms with Crippen molar-refractivity contribution in [3.8, 4) is 6.07 Å². The molecule has 2 fully saturated rings. The monoisotopic (exact) mass is 205 g/mol. The minimum Gasteiger partial charge on any atom is -0.298 e. The van der Waals surface area contributed by atoms with E-state index in [4.69, 9.17) is 5.26 Å². The second-order valence-corrected chi connectivity index (χ2v) is 5.53. The van der Waals surface area contributed by atoms with Crippen LogP contribution in [0.1, 0.15) is 39.5 Å². The third-order valence-electron chi connectivity index (χ3n) is 4.22. The Morgan fingerprint density at radius 1 is 1.33 bits per heavy atom. The molecule has 0 heterocycles. The number of carbonyl (C=O) groups is 1. The smallest absolute Gasteiger partial charge is 0.153 e. The molecule has 0 saturated heterocycles. The summed E-state index contributed by atoms with van der Waals surface area (Å²) in [6.07, 6.45) is 4.84. The summed E-state index contributed by atoms with van der Waals surface area (Å²) in [4.78, 5) is 12.2. The fraction of sp³-hybridized carbons (Fsp3) is 0.846. The zero-order chi connectivity index (χ0) is 11.0. The van der Waals surface area contributed by atoms with Gasteiger partial charge in [0.1, 0.15) is 5.92 Å². The van der Waals surface area contributed by atoms with Gasteiger partial charge in [-0.2, -0.15) is 5.26 Å². The summed E-state index contributed by atoms with van der Waals surface area (Å²) in [6, 6.07) is 2.19. The third-order valence-corrected chi connectivity index (χ3v) is 4.22. The summed E-state index contributed by atoms with van der Waals surface area (Å²) in [7, 11) is 0. The van der Waals surface area contributed by atoms with Crippen LogP contribution >= 0.6 is 0 Å². The van der Waals surface area contributed by atoms with Crippen molar-refractivity contribution in [3.63, 3.8) is 0 Å². The summed E-state index contributed by atoms with van der Waals surface area (Å²) in [5.41, 5.74) is 0. The molecule has 2 bridgehead atoms. The Hall–Kier alpha value is -0.840. The van der Waals surface area contributed by atoms with Gasteiger partial charge in [0.05, 0.1) is 6.07 Å². The first kappa shape index (κ1) is 10.7. The summed E-state index contributed by atoms with van der Waals surface area (Å²) in [6.45, 7) is 3.94. The first-order valence-corrected chi connectivity index (χ1v) is 6.06. The number of carbonyl (C=O) groups excluding carboxylic acids is 1. The minimum absolute atomic E-state index is 0.168. The zero-order valence-electron chi connectivity index (χ0n) is 9.57. The van der Waals surface area contributed by atoms with E-state index in [2.05, 4.69) is 6.07 Å². The van der Waals surface area contributed by atoms with Crippen molar-refractivity contribution < 1.29 is 4.79 Å².